The third-order valence-corrected chi connectivity index (χ3v) is 2.91. The van der Waals surface area contributed by atoms with Crippen molar-refractivity contribution in [3.63, 3.8) is 0 Å². The molecule has 1 aromatic rings. The van der Waals surface area contributed by atoms with Crippen molar-refractivity contribution < 1.29 is 14.1 Å². The Kier molecular flexibility index (Phi) is 5.23. The Bertz CT molecular complexity index is 340. The van der Waals surface area contributed by atoms with Crippen LogP contribution < -0.4 is 9.61 Å². The molecule has 0 heterocycles. The molecule has 4 nitrogen and oxygen atoms in total. The second-order valence-electron chi connectivity index (χ2n) is 3.41. The van der Waals surface area contributed by atoms with Crippen molar-refractivity contribution in [2.24, 2.45) is 0 Å². The average Bonchev–Trinajstić information content (AvgIpc) is 2.30. The van der Waals surface area contributed by atoms with Crippen molar-refractivity contribution in [3.8, 4) is 5.75 Å². The van der Waals surface area contributed by atoms with Crippen LogP contribution in [-0.2, 0) is 9.53 Å². The van der Waals surface area contributed by atoms with E-state index in [0.717, 1.165) is 5.75 Å². The van der Waals surface area contributed by atoms with Crippen molar-refractivity contribution in [3.05, 3.63) is 29.8 Å². The number of nitrogens with one attached hydrogen (secondary N) is 1. The number of hydrogen-bond acceptors (Lipinski definition) is 4. The zero-order valence-electron chi connectivity index (χ0n) is 9.61. The fraction of sp³-hybridized carbons (Fsp3) is 0.364. The lowest BCUT2D eigenvalue weighted by atomic mass is 10.2. The predicted octanol–water partition coefficient (Wildman–Crippen LogP) is 2.03. The molecule has 0 aromatic heterocycles. The van der Waals surface area contributed by atoms with Crippen molar-refractivity contribution >= 4 is 14.9 Å². The quantitative estimate of drug-likeness (QED) is 0.633. The van der Waals surface area contributed by atoms with Gasteiger partial charge in [0.25, 0.3) is 0 Å². The fourth-order valence-corrected chi connectivity index (χ4v) is 1.63. The maximum absolute atomic E-state index is 11.1. The summed E-state index contributed by atoms with van der Waals surface area (Å²) in [6, 6.07) is 7.39. The highest BCUT2D eigenvalue weighted by atomic mass is 31.1. The Balaban J connectivity index is 2.30. The number of hydrogen-bond donors (Lipinski definition) is 1. The van der Waals surface area contributed by atoms with Crippen LogP contribution in [0.4, 0.5) is 0 Å². The molecule has 88 valence electrons. The predicted molar refractivity (Wildman–Crippen MR) is 64.7 cm³/mol. The van der Waals surface area contributed by atoms with Gasteiger partial charge >= 0.3 is 5.97 Å². The summed E-state index contributed by atoms with van der Waals surface area (Å²) in [5.74, 6) is 0.494. The number of esters is 1. The first-order valence-electron chi connectivity index (χ1n) is 4.95. The maximum atomic E-state index is 11.1. The molecule has 16 heavy (non-hydrogen) atoms. The largest absolute Gasteiger partial charge is 0.468 e. The molecule has 1 N–H and O–H groups in total. The van der Waals surface area contributed by atoms with Gasteiger partial charge in [-0.05, 0) is 26.0 Å². The summed E-state index contributed by atoms with van der Waals surface area (Å²) >= 11 is 0. The molecule has 2 unspecified atom stereocenters. The van der Waals surface area contributed by atoms with Gasteiger partial charge in [-0.2, -0.15) is 0 Å². The Morgan fingerprint density at radius 3 is 2.56 bits per heavy atom. The van der Waals surface area contributed by atoms with Crippen molar-refractivity contribution in [2.75, 3.05) is 7.11 Å². The third-order valence-electron chi connectivity index (χ3n) is 2.02. The smallest absolute Gasteiger partial charge is 0.322 e. The Hall–Kier alpha value is -1.12. The molecule has 0 saturated heterocycles. The summed E-state index contributed by atoms with van der Waals surface area (Å²) in [5.41, 5.74) is 1.19. The molecule has 0 fully saturated rings. The molecular formula is C11H16NO3P. The Labute approximate surface area is 97.3 Å². The number of methoxy groups -OCH3 is 1. The van der Waals surface area contributed by atoms with Crippen LogP contribution in [0.5, 0.6) is 5.75 Å². The van der Waals surface area contributed by atoms with Gasteiger partial charge in [0, 0.05) is 0 Å². The number of rotatable bonds is 5. The summed E-state index contributed by atoms with van der Waals surface area (Å²) in [5, 5.41) is 2.93. The van der Waals surface area contributed by atoms with Crippen LogP contribution in [0.25, 0.3) is 0 Å². The summed E-state index contributed by atoms with van der Waals surface area (Å²) in [6.45, 7) is 3.75. The van der Waals surface area contributed by atoms with Crippen LogP contribution in [0.2, 0.25) is 0 Å². The third kappa shape index (κ3) is 4.17. The first-order valence-corrected chi connectivity index (χ1v) is 5.86. The van der Waals surface area contributed by atoms with E-state index in [4.69, 9.17) is 4.52 Å². The standard InChI is InChI=1S/C11H16NO3P/c1-8-4-6-10(7-5-8)15-16-12-9(2)11(13)14-3/h4-7,9,12,16H,1-3H3. The van der Waals surface area contributed by atoms with Gasteiger partial charge in [0.1, 0.15) is 20.7 Å². The molecule has 0 radical (unpaired) electrons. The first-order chi connectivity index (χ1) is 7.63. The molecule has 0 amide bonds. The maximum Gasteiger partial charge on any atom is 0.322 e. The van der Waals surface area contributed by atoms with Crippen LogP contribution in [0.3, 0.4) is 0 Å². The lowest BCUT2D eigenvalue weighted by Crippen LogP contribution is -2.29. The van der Waals surface area contributed by atoms with E-state index in [1.807, 2.05) is 31.2 Å². The number of carbonyl (C=O) groups excluding carboxylic acids is 1. The summed E-state index contributed by atoms with van der Waals surface area (Å²) < 4.78 is 10.0. The van der Waals surface area contributed by atoms with E-state index in [-0.39, 0.29) is 21.0 Å². The summed E-state index contributed by atoms with van der Waals surface area (Å²) in [6.07, 6.45) is 0. The number of aryl methyl sites for hydroxylation is 1. The van der Waals surface area contributed by atoms with E-state index < -0.39 is 0 Å². The number of ether oxygens (including phenoxy) is 1. The zero-order valence-corrected chi connectivity index (χ0v) is 10.6. The van der Waals surface area contributed by atoms with Crippen LogP contribution >= 0.6 is 8.96 Å². The Morgan fingerprint density at radius 1 is 1.38 bits per heavy atom. The van der Waals surface area contributed by atoms with E-state index in [9.17, 15) is 4.79 Å². The highest BCUT2D eigenvalue weighted by Crippen LogP contribution is 2.18. The minimum atomic E-state index is -0.353. The molecule has 2 atom stereocenters. The van der Waals surface area contributed by atoms with Gasteiger partial charge in [0.05, 0.1) is 7.11 Å². The second-order valence-corrected chi connectivity index (χ2v) is 4.10. The molecule has 5 heteroatoms. The first kappa shape index (κ1) is 12.9. The normalized spacial score (nSPS) is 12.7. The molecule has 0 saturated carbocycles. The van der Waals surface area contributed by atoms with Gasteiger partial charge in [0.2, 0.25) is 0 Å². The minimum Gasteiger partial charge on any atom is -0.468 e. The lowest BCUT2D eigenvalue weighted by molar-refractivity contribution is -0.142. The van der Waals surface area contributed by atoms with Gasteiger partial charge in [0.15, 0.2) is 0 Å². The molecule has 0 aliphatic carbocycles. The van der Waals surface area contributed by atoms with E-state index in [1.54, 1.807) is 6.92 Å². The SMILES string of the molecule is COC(=O)C(C)NPOc1ccc(C)cc1. The van der Waals surface area contributed by atoms with Crippen LogP contribution in [0.15, 0.2) is 24.3 Å². The summed E-state index contributed by atoms with van der Waals surface area (Å²) in [7, 11) is 1.40. The van der Waals surface area contributed by atoms with Gasteiger partial charge in [-0.1, -0.05) is 17.7 Å². The Morgan fingerprint density at radius 2 is 2.00 bits per heavy atom. The summed E-state index contributed by atoms with van der Waals surface area (Å²) in [4.78, 5) is 11.1. The van der Waals surface area contributed by atoms with Crippen LogP contribution in [0, 0.1) is 6.92 Å². The molecule has 0 aliphatic rings. The lowest BCUT2D eigenvalue weighted by Gasteiger charge is -2.11. The van der Waals surface area contributed by atoms with Gasteiger partial charge in [-0.25, -0.2) is 0 Å². The van der Waals surface area contributed by atoms with Crippen LogP contribution in [-0.4, -0.2) is 19.1 Å². The van der Waals surface area contributed by atoms with E-state index in [1.165, 1.54) is 12.7 Å². The molecule has 0 spiro atoms. The van der Waals surface area contributed by atoms with E-state index in [0.29, 0.717) is 0 Å². The highest BCUT2D eigenvalue weighted by molar-refractivity contribution is 7.30. The fourth-order valence-electron chi connectivity index (χ4n) is 1.02. The van der Waals surface area contributed by atoms with E-state index in [2.05, 4.69) is 9.82 Å². The molecule has 0 bridgehead atoms. The molecule has 0 aliphatic heterocycles. The van der Waals surface area contributed by atoms with E-state index >= 15 is 0 Å². The van der Waals surface area contributed by atoms with Crippen LogP contribution in [0.1, 0.15) is 12.5 Å². The topological polar surface area (TPSA) is 47.6 Å². The molecule has 1 aromatic carbocycles. The monoisotopic (exact) mass is 241 g/mol. The number of benzene rings is 1. The average molecular weight is 241 g/mol. The minimum absolute atomic E-state index is 0.0318. The van der Waals surface area contributed by atoms with Crippen molar-refractivity contribution in [1.82, 2.24) is 5.09 Å². The molecule has 1 rings (SSSR count). The van der Waals surface area contributed by atoms with Gasteiger partial charge in [-0.3, -0.25) is 9.88 Å². The van der Waals surface area contributed by atoms with Crippen molar-refractivity contribution in [1.29, 1.82) is 0 Å². The molecular weight excluding hydrogens is 225 g/mol. The number of carbonyl (C=O) groups is 1. The second kappa shape index (κ2) is 6.46. The highest BCUT2D eigenvalue weighted by Gasteiger charge is 2.11. The zero-order chi connectivity index (χ0) is 12.0. The van der Waals surface area contributed by atoms with Gasteiger partial charge in [-0.15, -0.1) is 0 Å². The van der Waals surface area contributed by atoms with Crippen molar-refractivity contribution in [2.45, 2.75) is 19.9 Å². The van der Waals surface area contributed by atoms with Gasteiger partial charge < -0.3 is 9.26 Å².